The number of rotatable bonds is 6. The van der Waals surface area contributed by atoms with Gasteiger partial charge in [-0.3, -0.25) is 4.79 Å². The number of hydrogen-bond acceptors (Lipinski definition) is 3. The Hall–Kier alpha value is -3.58. The highest BCUT2D eigenvalue weighted by Crippen LogP contribution is 2.20. The molecule has 0 heterocycles. The maximum atomic E-state index is 12.3. The molecule has 0 fully saturated rings. The molecule has 0 unspecified atom stereocenters. The summed E-state index contributed by atoms with van der Waals surface area (Å²) in [5, 5.41) is 9.07. The van der Waals surface area contributed by atoms with Crippen LogP contribution in [0, 0.1) is 11.3 Å². The van der Waals surface area contributed by atoms with Gasteiger partial charge in [0.1, 0.15) is 11.8 Å². The number of carbonyl (C=O) groups excluding carboxylic acids is 1. The molecule has 27 heavy (non-hydrogen) atoms. The monoisotopic (exact) mass is 356 g/mol. The van der Waals surface area contributed by atoms with Crippen molar-refractivity contribution in [2.24, 2.45) is 0 Å². The Morgan fingerprint density at radius 1 is 0.926 bits per heavy atom. The van der Waals surface area contributed by atoms with Gasteiger partial charge in [0.05, 0.1) is 5.56 Å². The van der Waals surface area contributed by atoms with Crippen LogP contribution in [0.25, 0.3) is 11.1 Å². The molecular weight excluding hydrogens is 336 g/mol. The minimum absolute atomic E-state index is 0.0999. The Balaban J connectivity index is 1.57. The molecule has 0 N–H and O–H groups in total. The summed E-state index contributed by atoms with van der Waals surface area (Å²) in [7, 11) is 1.74. The zero-order valence-electron chi connectivity index (χ0n) is 15.1. The molecule has 3 rings (SSSR count). The molecule has 0 saturated carbocycles. The lowest BCUT2D eigenvalue weighted by Gasteiger charge is -2.18. The highest BCUT2D eigenvalue weighted by molar-refractivity contribution is 5.77. The minimum Gasteiger partial charge on any atom is -0.482 e. The second-order valence-corrected chi connectivity index (χ2v) is 6.21. The standard InChI is InChI=1S/C23H20N2O2/c1-25(23(26)17-27-22-10-6-5-9-21(22)15-24)16-18-11-13-20(14-12-18)19-7-3-2-4-8-19/h2-14H,16-17H2,1H3. The average molecular weight is 356 g/mol. The summed E-state index contributed by atoms with van der Waals surface area (Å²) in [6.45, 7) is 0.397. The molecule has 0 spiro atoms. The highest BCUT2D eigenvalue weighted by Gasteiger charge is 2.12. The van der Waals surface area contributed by atoms with Crippen LogP contribution in [0.4, 0.5) is 0 Å². The summed E-state index contributed by atoms with van der Waals surface area (Å²) >= 11 is 0. The van der Waals surface area contributed by atoms with E-state index in [0.717, 1.165) is 16.7 Å². The van der Waals surface area contributed by atoms with Gasteiger partial charge >= 0.3 is 0 Å². The van der Waals surface area contributed by atoms with Crippen molar-refractivity contribution in [2.75, 3.05) is 13.7 Å². The van der Waals surface area contributed by atoms with Crippen LogP contribution < -0.4 is 4.74 Å². The van der Waals surface area contributed by atoms with E-state index in [4.69, 9.17) is 10.00 Å². The van der Waals surface area contributed by atoms with Crippen molar-refractivity contribution in [3.05, 3.63) is 90.0 Å². The molecule has 1 amide bonds. The maximum absolute atomic E-state index is 12.3. The van der Waals surface area contributed by atoms with E-state index >= 15 is 0 Å². The highest BCUT2D eigenvalue weighted by atomic mass is 16.5. The molecule has 0 aliphatic heterocycles. The molecule has 0 saturated heterocycles. The van der Waals surface area contributed by atoms with Crippen LogP contribution in [-0.4, -0.2) is 24.5 Å². The first-order valence-corrected chi connectivity index (χ1v) is 8.67. The zero-order chi connectivity index (χ0) is 19.1. The van der Waals surface area contributed by atoms with Crippen molar-refractivity contribution in [1.82, 2.24) is 4.90 Å². The number of carbonyl (C=O) groups is 1. The van der Waals surface area contributed by atoms with E-state index in [0.29, 0.717) is 17.9 Å². The predicted octanol–water partition coefficient (Wildman–Crippen LogP) is 4.26. The van der Waals surface area contributed by atoms with Gasteiger partial charge in [0, 0.05) is 13.6 Å². The molecule has 4 nitrogen and oxygen atoms in total. The van der Waals surface area contributed by atoms with Crippen LogP contribution >= 0.6 is 0 Å². The smallest absolute Gasteiger partial charge is 0.260 e. The van der Waals surface area contributed by atoms with Gasteiger partial charge < -0.3 is 9.64 Å². The summed E-state index contributed by atoms with van der Waals surface area (Å²) in [6, 6.07) is 27.3. The molecule has 4 heteroatoms. The average Bonchev–Trinajstić information content (AvgIpc) is 2.73. The second-order valence-electron chi connectivity index (χ2n) is 6.21. The summed E-state index contributed by atoms with van der Waals surface area (Å²) < 4.78 is 5.51. The van der Waals surface area contributed by atoms with E-state index in [-0.39, 0.29) is 12.5 Å². The Morgan fingerprint density at radius 2 is 1.56 bits per heavy atom. The number of nitriles is 1. The van der Waals surface area contributed by atoms with E-state index in [1.807, 2.05) is 30.3 Å². The molecular formula is C23H20N2O2. The normalized spacial score (nSPS) is 10.1. The van der Waals surface area contributed by atoms with Crippen LogP contribution in [0.3, 0.4) is 0 Å². The number of benzene rings is 3. The first-order chi connectivity index (χ1) is 13.2. The van der Waals surface area contributed by atoms with Crippen LogP contribution in [0.15, 0.2) is 78.9 Å². The third kappa shape index (κ3) is 4.74. The van der Waals surface area contributed by atoms with Crippen molar-refractivity contribution in [2.45, 2.75) is 6.54 Å². The largest absolute Gasteiger partial charge is 0.482 e. The SMILES string of the molecule is CN(Cc1ccc(-c2ccccc2)cc1)C(=O)COc1ccccc1C#N. The van der Waals surface area contributed by atoms with Gasteiger partial charge in [-0.05, 0) is 28.8 Å². The van der Waals surface area contributed by atoms with Gasteiger partial charge in [-0.15, -0.1) is 0 Å². The van der Waals surface area contributed by atoms with Crippen molar-refractivity contribution < 1.29 is 9.53 Å². The van der Waals surface area contributed by atoms with Crippen LogP contribution in [0.2, 0.25) is 0 Å². The third-order valence-electron chi connectivity index (χ3n) is 4.27. The van der Waals surface area contributed by atoms with Gasteiger partial charge in [-0.2, -0.15) is 5.26 Å². The lowest BCUT2D eigenvalue weighted by molar-refractivity contribution is -0.132. The number of para-hydroxylation sites is 1. The van der Waals surface area contributed by atoms with Crippen LogP contribution in [-0.2, 0) is 11.3 Å². The minimum atomic E-state index is -0.144. The molecule has 0 aromatic heterocycles. The van der Waals surface area contributed by atoms with Crippen molar-refractivity contribution in [3.8, 4) is 22.9 Å². The third-order valence-corrected chi connectivity index (χ3v) is 4.27. The Kier molecular flexibility index (Phi) is 5.86. The predicted molar refractivity (Wildman–Crippen MR) is 105 cm³/mol. The van der Waals surface area contributed by atoms with E-state index in [9.17, 15) is 4.79 Å². The summed E-state index contributed by atoms with van der Waals surface area (Å²) in [6.07, 6.45) is 0. The molecule has 134 valence electrons. The molecule has 3 aromatic rings. The fourth-order valence-corrected chi connectivity index (χ4v) is 2.73. The number of hydrogen-bond donors (Lipinski definition) is 0. The van der Waals surface area contributed by atoms with Gasteiger partial charge in [-0.1, -0.05) is 66.7 Å². The number of ether oxygens (including phenoxy) is 1. The van der Waals surface area contributed by atoms with Gasteiger partial charge in [0.25, 0.3) is 5.91 Å². The molecule has 0 aliphatic carbocycles. The van der Waals surface area contributed by atoms with E-state index in [1.165, 1.54) is 0 Å². The molecule has 0 bridgehead atoms. The van der Waals surface area contributed by atoms with Crippen molar-refractivity contribution in [1.29, 1.82) is 5.26 Å². The summed E-state index contributed by atoms with van der Waals surface area (Å²) in [5.41, 5.74) is 3.77. The number of amides is 1. The topological polar surface area (TPSA) is 53.3 Å². The Bertz CT molecular complexity index is 944. The summed E-state index contributed by atoms with van der Waals surface area (Å²) in [4.78, 5) is 13.9. The first kappa shape index (κ1) is 18.2. The van der Waals surface area contributed by atoms with Gasteiger partial charge in [-0.25, -0.2) is 0 Å². The van der Waals surface area contributed by atoms with Crippen LogP contribution in [0.1, 0.15) is 11.1 Å². The van der Waals surface area contributed by atoms with Crippen molar-refractivity contribution in [3.63, 3.8) is 0 Å². The molecule has 0 atom stereocenters. The second kappa shape index (κ2) is 8.68. The fourth-order valence-electron chi connectivity index (χ4n) is 2.73. The Labute approximate surface area is 159 Å². The quantitative estimate of drug-likeness (QED) is 0.663. The maximum Gasteiger partial charge on any atom is 0.260 e. The molecule has 0 aliphatic rings. The van der Waals surface area contributed by atoms with Gasteiger partial charge in [0.15, 0.2) is 6.61 Å². The molecule has 0 radical (unpaired) electrons. The van der Waals surface area contributed by atoms with Crippen molar-refractivity contribution >= 4 is 5.91 Å². The lowest BCUT2D eigenvalue weighted by Crippen LogP contribution is -2.31. The van der Waals surface area contributed by atoms with E-state index < -0.39 is 0 Å². The van der Waals surface area contributed by atoms with E-state index in [1.54, 1.807) is 36.2 Å². The van der Waals surface area contributed by atoms with Gasteiger partial charge in [0.2, 0.25) is 0 Å². The lowest BCUT2D eigenvalue weighted by atomic mass is 10.0. The van der Waals surface area contributed by atoms with E-state index in [2.05, 4.69) is 30.3 Å². The fraction of sp³-hybridized carbons (Fsp3) is 0.130. The number of nitrogens with zero attached hydrogens (tertiary/aromatic N) is 2. The molecule has 3 aromatic carbocycles. The Morgan fingerprint density at radius 3 is 2.26 bits per heavy atom. The van der Waals surface area contributed by atoms with Crippen LogP contribution in [0.5, 0.6) is 5.75 Å². The zero-order valence-corrected chi connectivity index (χ0v) is 15.1. The summed E-state index contributed by atoms with van der Waals surface area (Å²) in [5.74, 6) is 0.281. The number of likely N-dealkylation sites (N-methyl/N-ethyl adjacent to an activating group) is 1. The first-order valence-electron chi connectivity index (χ1n) is 8.67.